The van der Waals surface area contributed by atoms with E-state index in [1.165, 1.54) is 6.33 Å². The lowest BCUT2D eigenvalue weighted by Crippen LogP contribution is -2.24. The summed E-state index contributed by atoms with van der Waals surface area (Å²) >= 11 is 0. The van der Waals surface area contributed by atoms with E-state index < -0.39 is 0 Å². The minimum absolute atomic E-state index is 0.109. The Morgan fingerprint density at radius 1 is 1.30 bits per heavy atom. The van der Waals surface area contributed by atoms with Crippen LogP contribution >= 0.6 is 0 Å². The molecule has 20 heavy (non-hydrogen) atoms. The third kappa shape index (κ3) is 3.08. The number of ether oxygens (including phenoxy) is 2. The minimum Gasteiger partial charge on any atom is -0.497 e. The van der Waals surface area contributed by atoms with Crippen molar-refractivity contribution in [2.45, 2.75) is 19.4 Å². The lowest BCUT2D eigenvalue weighted by atomic mass is 10.0. The smallest absolute Gasteiger partial charge is 0.146 e. The number of hydrogen-bond donors (Lipinski definition) is 2. The number of methoxy groups -OCH3 is 2. The fraction of sp³-hybridized carbons (Fsp3) is 0.429. The topological polar surface area (TPSA) is 72.1 Å². The van der Waals surface area contributed by atoms with Gasteiger partial charge in [0.15, 0.2) is 0 Å². The summed E-state index contributed by atoms with van der Waals surface area (Å²) < 4.78 is 10.7. The predicted molar refractivity (Wildman–Crippen MR) is 76.1 cm³/mol. The van der Waals surface area contributed by atoms with E-state index in [4.69, 9.17) is 9.47 Å². The van der Waals surface area contributed by atoms with Crippen LogP contribution in [0, 0.1) is 0 Å². The molecule has 0 amide bonds. The molecule has 1 aromatic heterocycles. The molecule has 1 heterocycles. The Kier molecular flexibility index (Phi) is 4.95. The Balaban J connectivity index is 2.41. The molecule has 0 aliphatic heterocycles. The largest absolute Gasteiger partial charge is 0.497 e. The van der Waals surface area contributed by atoms with E-state index in [0.717, 1.165) is 35.9 Å². The maximum Gasteiger partial charge on any atom is 0.146 e. The first-order valence-corrected chi connectivity index (χ1v) is 6.60. The number of nitrogens with zero attached hydrogens (tertiary/aromatic N) is 2. The molecular weight excluding hydrogens is 256 g/mol. The molecule has 2 N–H and O–H groups in total. The second-order valence-corrected chi connectivity index (χ2v) is 4.37. The van der Waals surface area contributed by atoms with E-state index in [1.54, 1.807) is 14.2 Å². The Morgan fingerprint density at radius 2 is 2.15 bits per heavy atom. The van der Waals surface area contributed by atoms with Gasteiger partial charge in [0.25, 0.3) is 0 Å². The third-order valence-corrected chi connectivity index (χ3v) is 3.05. The normalized spacial score (nSPS) is 12.2. The van der Waals surface area contributed by atoms with E-state index >= 15 is 0 Å². The Bertz CT molecular complexity index is 528. The summed E-state index contributed by atoms with van der Waals surface area (Å²) in [5.41, 5.74) is 0.969. The van der Waals surface area contributed by atoms with Crippen LogP contribution in [0.3, 0.4) is 0 Å². The monoisotopic (exact) mass is 276 g/mol. The molecule has 1 atom stereocenters. The van der Waals surface area contributed by atoms with Gasteiger partial charge in [-0.15, -0.1) is 0 Å². The SMILES string of the molecule is CCCNC(c1ncn[nH]1)c1cc(OC)ccc1OC. The molecule has 0 bridgehead atoms. The summed E-state index contributed by atoms with van der Waals surface area (Å²) in [7, 11) is 3.30. The van der Waals surface area contributed by atoms with Crippen LogP contribution in [0.25, 0.3) is 0 Å². The molecule has 0 aliphatic rings. The first-order valence-electron chi connectivity index (χ1n) is 6.60. The van der Waals surface area contributed by atoms with Crippen molar-refractivity contribution in [2.24, 2.45) is 0 Å². The van der Waals surface area contributed by atoms with Crippen LogP contribution in [0.2, 0.25) is 0 Å². The lowest BCUT2D eigenvalue weighted by Gasteiger charge is -2.19. The standard InChI is InChI=1S/C14H20N4O2/c1-4-7-15-13(14-16-9-17-18-14)11-8-10(19-2)5-6-12(11)20-3/h5-6,8-9,13,15H,4,7H2,1-3H3,(H,16,17,18). The van der Waals surface area contributed by atoms with Crippen molar-refractivity contribution >= 4 is 0 Å². The first kappa shape index (κ1) is 14.3. The maximum atomic E-state index is 5.45. The fourth-order valence-electron chi connectivity index (χ4n) is 2.06. The van der Waals surface area contributed by atoms with Crippen LogP contribution in [0.5, 0.6) is 11.5 Å². The van der Waals surface area contributed by atoms with Crippen LogP contribution in [-0.2, 0) is 0 Å². The number of rotatable bonds is 7. The highest BCUT2D eigenvalue weighted by molar-refractivity contribution is 5.44. The molecule has 2 rings (SSSR count). The number of hydrogen-bond acceptors (Lipinski definition) is 5. The molecule has 6 nitrogen and oxygen atoms in total. The number of benzene rings is 1. The lowest BCUT2D eigenvalue weighted by molar-refractivity contribution is 0.392. The number of aromatic nitrogens is 3. The first-order chi connectivity index (χ1) is 9.80. The van der Waals surface area contributed by atoms with Crippen LogP contribution in [-0.4, -0.2) is 35.9 Å². The quantitative estimate of drug-likeness (QED) is 0.808. The highest BCUT2D eigenvalue weighted by Gasteiger charge is 2.21. The molecule has 6 heteroatoms. The predicted octanol–water partition coefficient (Wildman–Crippen LogP) is 1.91. The molecule has 1 aromatic carbocycles. The van der Waals surface area contributed by atoms with Gasteiger partial charge in [0, 0.05) is 5.56 Å². The van der Waals surface area contributed by atoms with Crippen molar-refractivity contribution in [3.63, 3.8) is 0 Å². The van der Waals surface area contributed by atoms with E-state index in [0.29, 0.717) is 0 Å². The van der Waals surface area contributed by atoms with E-state index in [2.05, 4.69) is 27.4 Å². The van der Waals surface area contributed by atoms with Crippen molar-refractivity contribution in [3.8, 4) is 11.5 Å². The van der Waals surface area contributed by atoms with Crippen LogP contribution in [0.4, 0.5) is 0 Å². The van der Waals surface area contributed by atoms with Crippen LogP contribution in [0.15, 0.2) is 24.5 Å². The molecule has 0 saturated carbocycles. The van der Waals surface area contributed by atoms with E-state index in [1.807, 2.05) is 18.2 Å². The van der Waals surface area contributed by atoms with Gasteiger partial charge in [-0.3, -0.25) is 5.10 Å². The number of aromatic amines is 1. The summed E-state index contributed by atoms with van der Waals surface area (Å²) in [6.45, 7) is 2.99. The van der Waals surface area contributed by atoms with Crippen molar-refractivity contribution in [1.29, 1.82) is 0 Å². The van der Waals surface area contributed by atoms with Gasteiger partial charge in [0.2, 0.25) is 0 Å². The van der Waals surface area contributed by atoms with Gasteiger partial charge in [-0.2, -0.15) is 5.10 Å². The number of H-pyrrole nitrogens is 1. The average Bonchev–Trinajstić information content (AvgIpc) is 3.01. The van der Waals surface area contributed by atoms with Gasteiger partial charge in [0.05, 0.1) is 20.3 Å². The highest BCUT2D eigenvalue weighted by atomic mass is 16.5. The minimum atomic E-state index is -0.109. The van der Waals surface area contributed by atoms with E-state index in [-0.39, 0.29) is 6.04 Å². The summed E-state index contributed by atoms with van der Waals surface area (Å²) in [6.07, 6.45) is 2.53. The zero-order valence-corrected chi connectivity index (χ0v) is 12.0. The molecule has 0 spiro atoms. The van der Waals surface area contributed by atoms with Gasteiger partial charge in [0.1, 0.15) is 23.7 Å². The van der Waals surface area contributed by atoms with Gasteiger partial charge >= 0.3 is 0 Å². The summed E-state index contributed by atoms with van der Waals surface area (Å²) in [6, 6.07) is 5.61. The second-order valence-electron chi connectivity index (χ2n) is 4.37. The molecule has 0 fully saturated rings. The van der Waals surface area contributed by atoms with Crippen molar-refractivity contribution in [3.05, 3.63) is 35.9 Å². The average molecular weight is 276 g/mol. The Morgan fingerprint density at radius 3 is 2.75 bits per heavy atom. The molecule has 0 aliphatic carbocycles. The summed E-state index contributed by atoms with van der Waals surface area (Å²) in [5.74, 6) is 2.32. The fourth-order valence-corrected chi connectivity index (χ4v) is 2.06. The van der Waals surface area contributed by atoms with Gasteiger partial charge in [-0.25, -0.2) is 4.98 Å². The summed E-state index contributed by atoms with van der Waals surface area (Å²) in [5, 5.41) is 10.3. The van der Waals surface area contributed by atoms with Gasteiger partial charge < -0.3 is 14.8 Å². The third-order valence-electron chi connectivity index (χ3n) is 3.05. The second kappa shape index (κ2) is 6.91. The summed E-state index contributed by atoms with van der Waals surface area (Å²) in [4.78, 5) is 4.25. The van der Waals surface area contributed by atoms with Gasteiger partial charge in [-0.1, -0.05) is 6.92 Å². The number of nitrogens with one attached hydrogen (secondary N) is 2. The van der Waals surface area contributed by atoms with Crippen molar-refractivity contribution in [1.82, 2.24) is 20.5 Å². The van der Waals surface area contributed by atoms with Crippen LogP contribution < -0.4 is 14.8 Å². The van der Waals surface area contributed by atoms with Crippen LogP contribution in [0.1, 0.15) is 30.8 Å². The molecule has 2 aromatic rings. The zero-order valence-electron chi connectivity index (χ0n) is 12.0. The Hall–Kier alpha value is -2.08. The molecular formula is C14H20N4O2. The maximum absolute atomic E-state index is 5.45. The molecule has 0 radical (unpaired) electrons. The molecule has 108 valence electrons. The van der Waals surface area contributed by atoms with Gasteiger partial charge in [-0.05, 0) is 31.2 Å². The highest BCUT2D eigenvalue weighted by Crippen LogP contribution is 2.31. The molecule has 1 unspecified atom stereocenters. The zero-order chi connectivity index (χ0) is 14.4. The Labute approximate surface area is 118 Å². The molecule has 0 saturated heterocycles. The van der Waals surface area contributed by atoms with E-state index in [9.17, 15) is 0 Å². The van der Waals surface area contributed by atoms with Crippen molar-refractivity contribution in [2.75, 3.05) is 20.8 Å². The van der Waals surface area contributed by atoms with Crippen molar-refractivity contribution < 1.29 is 9.47 Å².